The second-order valence-corrected chi connectivity index (χ2v) is 4.64. The van der Waals surface area contributed by atoms with Gasteiger partial charge in [0.1, 0.15) is 0 Å². The van der Waals surface area contributed by atoms with Crippen LogP contribution in [0.1, 0.15) is 30.1 Å². The van der Waals surface area contributed by atoms with Gasteiger partial charge in [0.2, 0.25) is 5.72 Å². The Bertz CT molecular complexity index is 488. The summed E-state index contributed by atoms with van der Waals surface area (Å²) in [6, 6.07) is 8.89. The van der Waals surface area contributed by atoms with Crippen molar-refractivity contribution in [2.24, 2.45) is 0 Å². The van der Waals surface area contributed by atoms with Crippen molar-refractivity contribution in [3.8, 4) is 0 Å². The summed E-state index contributed by atoms with van der Waals surface area (Å²) in [5.41, 5.74) is -0.747. The van der Waals surface area contributed by atoms with Crippen molar-refractivity contribution >= 4 is 11.9 Å². The van der Waals surface area contributed by atoms with Crippen LogP contribution in [-0.2, 0) is 14.3 Å². The molecule has 2 rings (SSSR count). The van der Waals surface area contributed by atoms with E-state index in [0.29, 0.717) is 24.9 Å². The van der Waals surface area contributed by atoms with E-state index in [1.54, 1.807) is 31.2 Å². The molecule has 0 N–H and O–H groups in total. The van der Waals surface area contributed by atoms with Gasteiger partial charge in [-0.3, -0.25) is 4.79 Å². The largest absolute Gasteiger partial charge is 0.462 e. The van der Waals surface area contributed by atoms with Crippen LogP contribution in [0, 0.1) is 0 Å². The Morgan fingerprint density at radius 2 is 2.00 bits per heavy atom. The summed E-state index contributed by atoms with van der Waals surface area (Å²) in [4.78, 5) is 26.2. The zero-order valence-corrected chi connectivity index (χ0v) is 11.8. The van der Waals surface area contributed by atoms with Crippen LogP contribution >= 0.6 is 0 Å². The van der Waals surface area contributed by atoms with E-state index >= 15 is 0 Å². The number of hydrogen-bond donors (Lipinski definition) is 0. The van der Waals surface area contributed by atoms with Crippen LogP contribution in [0.25, 0.3) is 0 Å². The highest BCUT2D eigenvalue weighted by atomic mass is 16.6. The lowest BCUT2D eigenvalue weighted by Crippen LogP contribution is -2.55. The van der Waals surface area contributed by atoms with E-state index < -0.39 is 11.7 Å². The molecule has 1 amide bonds. The summed E-state index contributed by atoms with van der Waals surface area (Å²) in [7, 11) is 1.44. The Kier molecular flexibility index (Phi) is 4.39. The molecule has 0 unspecified atom stereocenters. The Labute approximate surface area is 118 Å². The van der Waals surface area contributed by atoms with Crippen molar-refractivity contribution in [1.82, 2.24) is 4.90 Å². The molecule has 0 aromatic heterocycles. The number of hydrogen-bond acceptors (Lipinski definition) is 4. The van der Waals surface area contributed by atoms with Gasteiger partial charge >= 0.3 is 5.97 Å². The number of rotatable bonds is 4. The molecule has 5 nitrogen and oxygen atoms in total. The third kappa shape index (κ3) is 2.41. The van der Waals surface area contributed by atoms with E-state index in [0.717, 1.165) is 0 Å². The minimum absolute atomic E-state index is 0.210. The van der Waals surface area contributed by atoms with Crippen LogP contribution in [0.4, 0.5) is 0 Å². The van der Waals surface area contributed by atoms with Crippen LogP contribution in [0.15, 0.2) is 30.3 Å². The Morgan fingerprint density at radius 3 is 2.60 bits per heavy atom. The van der Waals surface area contributed by atoms with Gasteiger partial charge in [-0.25, -0.2) is 4.79 Å². The number of nitrogens with zero attached hydrogens (tertiary/aromatic N) is 1. The van der Waals surface area contributed by atoms with Crippen molar-refractivity contribution in [3.63, 3.8) is 0 Å². The minimum Gasteiger partial charge on any atom is -0.462 e. The molecule has 1 saturated heterocycles. The van der Waals surface area contributed by atoms with Crippen LogP contribution in [0.5, 0.6) is 0 Å². The fraction of sp³-hybridized carbons (Fsp3) is 0.467. The minimum atomic E-state index is -1.29. The third-order valence-corrected chi connectivity index (χ3v) is 3.53. The van der Waals surface area contributed by atoms with Gasteiger partial charge < -0.3 is 14.4 Å². The maximum atomic E-state index is 12.6. The molecule has 1 aliphatic heterocycles. The fourth-order valence-electron chi connectivity index (χ4n) is 2.55. The average molecular weight is 277 g/mol. The maximum Gasteiger partial charge on any atom is 0.360 e. The lowest BCUT2D eigenvalue weighted by atomic mass is 10.1. The highest BCUT2D eigenvalue weighted by Gasteiger charge is 2.51. The van der Waals surface area contributed by atoms with Gasteiger partial charge in [0, 0.05) is 25.6 Å². The lowest BCUT2D eigenvalue weighted by Gasteiger charge is -2.34. The van der Waals surface area contributed by atoms with Gasteiger partial charge in [-0.15, -0.1) is 0 Å². The quantitative estimate of drug-likeness (QED) is 0.788. The van der Waals surface area contributed by atoms with Crippen molar-refractivity contribution in [3.05, 3.63) is 35.9 Å². The first kappa shape index (κ1) is 14.5. The lowest BCUT2D eigenvalue weighted by molar-refractivity contribution is -0.184. The maximum absolute atomic E-state index is 12.6. The number of carbonyl (C=O) groups excluding carboxylic acids is 2. The summed E-state index contributed by atoms with van der Waals surface area (Å²) in [5.74, 6) is -0.706. The van der Waals surface area contributed by atoms with Crippen LogP contribution < -0.4 is 0 Å². The average Bonchev–Trinajstić information content (AvgIpc) is 2.92. The highest BCUT2D eigenvalue weighted by molar-refractivity contribution is 5.98. The van der Waals surface area contributed by atoms with Gasteiger partial charge in [-0.05, 0) is 25.5 Å². The molecular weight excluding hydrogens is 258 g/mol. The Balaban J connectivity index is 2.30. The smallest absolute Gasteiger partial charge is 0.360 e. The second kappa shape index (κ2) is 6.05. The number of esters is 1. The first-order chi connectivity index (χ1) is 9.65. The summed E-state index contributed by atoms with van der Waals surface area (Å²) in [6.45, 7) is 2.48. The van der Waals surface area contributed by atoms with E-state index in [1.165, 1.54) is 12.0 Å². The molecule has 108 valence electrons. The van der Waals surface area contributed by atoms with Crippen LogP contribution in [0.3, 0.4) is 0 Å². The van der Waals surface area contributed by atoms with Crippen molar-refractivity contribution in [1.29, 1.82) is 0 Å². The second-order valence-electron chi connectivity index (χ2n) is 4.64. The van der Waals surface area contributed by atoms with Crippen molar-refractivity contribution < 1.29 is 19.1 Å². The topological polar surface area (TPSA) is 55.8 Å². The molecule has 1 aromatic rings. The highest BCUT2D eigenvalue weighted by Crippen LogP contribution is 2.32. The number of carbonyl (C=O) groups is 2. The van der Waals surface area contributed by atoms with E-state index in [-0.39, 0.29) is 12.5 Å². The molecule has 0 bridgehead atoms. The molecular formula is C15H19NO4. The number of benzene rings is 1. The molecule has 0 radical (unpaired) electrons. The van der Waals surface area contributed by atoms with Gasteiger partial charge in [0.05, 0.1) is 6.61 Å². The van der Waals surface area contributed by atoms with Crippen molar-refractivity contribution in [2.45, 2.75) is 25.5 Å². The first-order valence-electron chi connectivity index (χ1n) is 6.75. The Morgan fingerprint density at radius 1 is 1.30 bits per heavy atom. The predicted molar refractivity (Wildman–Crippen MR) is 73.1 cm³/mol. The van der Waals surface area contributed by atoms with Gasteiger partial charge in [-0.2, -0.15) is 0 Å². The SMILES string of the molecule is CCOC(=O)[C@]1(OC)CCCN1C(=O)c1ccccc1. The molecule has 0 spiro atoms. The van der Waals surface area contributed by atoms with Crippen LogP contribution in [0.2, 0.25) is 0 Å². The summed E-state index contributed by atoms with van der Waals surface area (Å²) >= 11 is 0. The van der Waals surface area contributed by atoms with Gasteiger partial charge in [0.25, 0.3) is 5.91 Å². The molecule has 0 saturated carbocycles. The summed E-state index contributed by atoms with van der Waals surface area (Å²) in [6.07, 6.45) is 1.17. The molecule has 1 aromatic carbocycles. The molecule has 1 fully saturated rings. The van der Waals surface area contributed by atoms with Crippen molar-refractivity contribution in [2.75, 3.05) is 20.3 Å². The molecule has 5 heteroatoms. The molecule has 20 heavy (non-hydrogen) atoms. The van der Waals surface area contributed by atoms with E-state index in [2.05, 4.69) is 0 Å². The van der Waals surface area contributed by atoms with Gasteiger partial charge in [-0.1, -0.05) is 18.2 Å². The third-order valence-electron chi connectivity index (χ3n) is 3.53. The predicted octanol–water partition coefficient (Wildman–Crippen LogP) is 1.83. The molecule has 1 aliphatic rings. The standard InChI is InChI=1S/C15H19NO4/c1-3-20-14(18)15(19-2)10-7-11-16(15)13(17)12-8-5-4-6-9-12/h4-6,8-9H,3,7,10-11H2,1-2H3/t15-/m1/s1. The molecule has 1 heterocycles. The first-order valence-corrected chi connectivity index (χ1v) is 6.75. The molecule has 0 aliphatic carbocycles. The molecule has 1 atom stereocenters. The van der Waals surface area contributed by atoms with Crippen LogP contribution in [-0.4, -0.2) is 42.8 Å². The Hall–Kier alpha value is -1.88. The number of amides is 1. The number of ether oxygens (including phenoxy) is 2. The summed E-state index contributed by atoms with van der Waals surface area (Å²) < 4.78 is 10.5. The number of likely N-dealkylation sites (tertiary alicyclic amines) is 1. The monoisotopic (exact) mass is 277 g/mol. The fourth-order valence-corrected chi connectivity index (χ4v) is 2.55. The van der Waals surface area contributed by atoms with Gasteiger partial charge in [0.15, 0.2) is 0 Å². The van der Waals surface area contributed by atoms with E-state index in [4.69, 9.17) is 9.47 Å². The summed E-state index contributed by atoms with van der Waals surface area (Å²) in [5, 5.41) is 0. The normalized spacial score (nSPS) is 21.8. The zero-order chi connectivity index (χ0) is 14.6. The van der Waals surface area contributed by atoms with E-state index in [9.17, 15) is 9.59 Å². The zero-order valence-electron chi connectivity index (χ0n) is 11.8. The van der Waals surface area contributed by atoms with E-state index in [1.807, 2.05) is 6.07 Å². The number of methoxy groups -OCH3 is 1.